The van der Waals surface area contributed by atoms with Crippen LogP contribution in [-0.4, -0.2) is 24.4 Å². The van der Waals surface area contributed by atoms with Gasteiger partial charge in [-0.2, -0.15) is 0 Å². The molecule has 60 valence electrons. The molecule has 0 fully saturated rings. The fraction of sp³-hybridized carbons (Fsp3) is 0.600. The molecule has 0 amide bonds. The SMILES string of the molecule is CC(C)=CCC/C(C)=C/[CH2][In]. The molecule has 0 aliphatic rings. The van der Waals surface area contributed by atoms with Gasteiger partial charge < -0.3 is 0 Å². The second kappa shape index (κ2) is 7.02. The minimum atomic E-state index is 1.21. The van der Waals surface area contributed by atoms with Crippen molar-refractivity contribution in [3.63, 3.8) is 0 Å². The molecule has 2 radical (unpaired) electrons. The van der Waals surface area contributed by atoms with Crippen LogP contribution in [0, 0.1) is 0 Å². The van der Waals surface area contributed by atoms with Crippen molar-refractivity contribution in [2.45, 2.75) is 37.8 Å². The topological polar surface area (TPSA) is 0 Å². The monoisotopic (exact) mass is 252 g/mol. The second-order valence-electron chi connectivity index (χ2n) is 3.11. The van der Waals surface area contributed by atoms with Gasteiger partial charge in [0.1, 0.15) is 0 Å². The molecule has 0 aromatic heterocycles. The van der Waals surface area contributed by atoms with E-state index in [-0.39, 0.29) is 0 Å². The molecule has 0 rings (SSSR count). The van der Waals surface area contributed by atoms with Crippen LogP contribution in [0.15, 0.2) is 23.3 Å². The minimum absolute atomic E-state index is 1.21. The zero-order valence-corrected chi connectivity index (χ0v) is 11.1. The Morgan fingerprint density at radius 3 is 2.27 bits per heavy atom. The third-order valence-electron chi connectivity index (χ3n) is 1.56. The van der Waals surface area contributed by atoms with E-state index in [4.69, 9.17) is 0 Å². The van der Waals surface area contributed by atoms with Gasteiger partial charge in [0, 0.05) is 0 Å². The van der Waals surface area contributed by atoms with E-state index in [2.05, 4.69) is 32.9 Å². The van der Waals surface area contributed by atoms with Gasteiger partial charge in [-0.25, -0.2) is 0 Å². The first-order valence-corrected chi connectivity index (χ1v) is 6.49. The molecule has 0 aliphatic carbocycles. The Balaban J connectivity index is 3.54. The van der Waals surface area contributed by atoms with Gasteiger partial charge in [0.15, 0.2) is 0 Å². The summed E-state index contributed by atoms with van der Waals surface area (Å²) in [4.78, 5) is 0. The Kier molecular flexibility index (Phi) is 7.25. The fourth-order valence-electron chi connectivity index (χ4n) is 0.892. The van der Waals surface area contributed by atoms with Crippen LogP contribution < -0.4 is 0 Å². The predicted octanol–water partition coefficient (Wildman–Crippen LogP) is 3.27. The first kappa shape index (κ1) is 11.4. The van der Waals surface area contributed by atoms with E-state index in [1.807, 2.05) is 0 Å². The Morgan fingerprint density at radius 1 is 1.18 bits per heavy atom. The zero-order chi connectivity index (χ0) is 8.69. The molecule has 0 spiro atoms. The van der Waals surface area contributed by atoms with Crippen molar-refractivity contribution in [3.05, 3.63) is 23.3 Å². The Labute approximate surface area is 85.3 Å². The van der Waals surface area contributed by atoms with E-state index >= 15 is 0 Å². The first-order chi connectivity index (χ1) is 5.16. The molecule has 0 saturated heterocycles. The summed E-state index contributed by atoms with van der Waals surface area (Å²) >= 11 is 1.36. The molecule has 11 heavy (non-hydrogen) atoms. The quantitative estimate of drug-likeness (QED) is 0.673. The van der Waals surface area contributed by atoms with Crippen molar-refractivity contribution in [2.24, 2.45) is 0 Å². The number of hydrogen-bond donors (Lipinski definition) is 0. The van der Waals surface area contributed by atoms with Crippen molar-refractivity contribution in [1.29, 1.82) is 0 Å². The van der Waals surface area contributed by atoms with Gasteiger partial charge in [-0.3, -0.25) is 0 Å². The summed E-state index contributed by atoms with van der Waals surface area (Å²) in [5, 5.41) is 0. The van der Waals surface area contributed by atoms with Gasteiger partial charge in [0.2, 0.25) is 0 Å². The van der Waals surface area contributed by atoms with Crippen LogP contribution in [0.3, 0.4) is 0 Å². The Bertz CT molecular complexity index is 150. The van der Waals surface area contributed by atoms with Gasteiger partial charge in [-0.1, -0.05) is 0 Å². The van der Waals surface area contributed by atoms with E-state index in [9.17, 15) is 0 Å². The van der Waals surface area contributed by atoms with Crippen molar-refractivity contribution in [2.75, 3.05) is 0 Å². The summed E-state index contributed by atoms with van der Waals surface area (Å²) in [5.41, 5.74) is 2.98. The third-order valence-corrected chi connectivity index (χ3v) is 2.23. The average Bonchev–Trinajstić information content (AvgIpc) is 1.87. The Morgan fingerprint density at radius 2 is 1.82 bits per heavy atom. The maximum absolute atomic E-state index is 2.36. The molecule has 0 saturated carbocycles. The molecule has 0 aliphatic heterocycles. The molecule has 1 heteroatoms. The van der Waals surface area contributed by atoms with Crippen molar-refractivity contribution < 1.29 is 0 Å². The van der Waals surface area contributed by atoms with Gasteiger partial charge in [-0.05, 0) is 0 Å². The predicted molar refractivity (Wildman–Crippen MR) is 53.0 cm³/mol. The van der Waals surface area contributed by atoms with Crippen LogP contribution in [0.2, 0.25) is 4.18 Å². The first-order valence-electron chi connectivity index (χ1n) is 4.16. The molecule has 0 N–H and O–H groups in total. The van der Waals surface area contributed by atoms with E-state index in [1.54, 1.807) is 5.57 Å². The molecule has 0 atom stereocenters. The van der Waals surface area contributed by atoms with Crippen LogP contribution in [0.1, 0.15) is 33.6 Å². The molecule has 0 unspecified atom stereocenters. The van der Waals surface area contributed by atoms with Crippen molar-refractivity contribution in [1.82, 2.24) is 0 Å². The summed E-state index contributed by atoms with van der Waals surface area (Å²) in [6, 6.07) is 0. The average molecular weight is 252 g/mol. The number of rotatable bonds is 4. The number of allylic oxidation sites excluding steroid dienone is 4. The Hall–Kier alpha value is 0.350. The normalized spacial score (nSPS) is 11.4. The maximum atomic E-state index is 2.36. The van der Waals surface area contributed by atoms with Crippen LogP contribution in [-0.2, 0) is 0 Å². The van der Waals surface area contributed by atoms with Crippen molar-refractivity contribution >= 4 is 24.4 Å². The number of hydrogen-bond acceptors (Lipinski definition) is 0. The van der Waals surface area contributed by atoms with Gasteiger partial charge >= 0.3 is 85.5 Å². The van der Waals surface area contributed by atoms with Gasteiger partial charge in [-0.15, -0.1) is 0 Å². The summed E-state index contributed by atoms with van der Waals surface area (Å²) in [7, 11) is 0. The van der Waals surface area contributed by atoms with Crippen molar-refractivity contribution in [3.8, 4) is 0 Å². The zero-order valence-electron chi connectivity index (χ0n) is 7.85. The van der Waals surface area contributed by atoms with Crippen LogP contribution in [0.5, 0.6) is 0 Å². The molecule has 0 bridgehead atoms. The standard InChI is InChI=1S/C10H17.In/c1-5-10(4)8-6-7-9(2)3;/h5,7H,1,6,8H2,2-4H3;/b10-5+;. The molecular formula is C10H17In. The van der Waals surface area contributed by atoms with Crippen LogP contribution >= 0.6 is 0 Å². The molecular weight excluding hydrogens is 235 g/mol. The van der Waals surface area contributed by atoms with Gasteiger partial charge in [0.25, 0.3) is 0 Å². The second-order valence-corrected chi connectivity index (χ2v) is 4.45. The molecule has 0 heterocycles. The summed E-state index contributed by atoms with van der Waals surface area (Å²) in [6.45, 7) is 6.55. The van der Waals surface area contributed by atoms with Crippen LogP contribution in [0.25, 0.3) is 0 Å². The molecule has 0 aromatic rings. The van der Waals surface area contributed by atoms with Crippen LogP contribution in [0.4, 0.5) is 0 Å². The summed E-state index contributed by atoms with van der Waals surface area (Å²) in [6.07, 6.45) is 7.13. The fourth-order valence-corrected chi connectivity index (χ4v) is 2.04. The van der Waals surface area contributed by atoms with E-state index < -0.39 is 0 Å². The third kappa shape index (κ3) is 8.25. The van der Waals surface area contributed by atoms with E-state index in [1.165, 1.54) is 47.0 Å². The van der Waals surface area contributed by atoms with E-state index in [0.717, 1.165) is 0 Å². The molecule has 0 nitrogen and oxygen atoms in total. The molecule has 0 aromatic carbocycles. The van der Waals surface area contributed by atoms with Gasteiger partial charge in [0.05, 0.1) is 0 Å². The summed E-state index contributed by atoms with van der Waals surface area (Å²) < 4.78 is 1.30. The summed E-state index contributed by atoms with van der Waals surface area (Å²) in [5.74, 6) is 0. The van der Waals surface area contributed by atoms with E-state index in [0.29, 0.717) is 0 Å².